The number of pyridine rings is 1. The Labute approximate surface area is 141 Å². The van der Waals surface area contributed by atoms with Gasteiger partial charge in [0.05, 0.1) is 36.6 Å². The first kappa shape index (κ1) is 17.7. The first-order valence-electron chi connectivity index (χ1n) is 6.91. The number of esters is 2. The van der Waals surface area contributed by atoms with Crippen LogP contribution in [0.5, 0.6) is 5.88 Å². The number of hydrogen-bond donors (Lipinski definition) is 3. The van der Waals surface area contributed by atoms with Gasteiger partial charge in [-0.05, 0) is 18.2 Å². The van der Waals surface area contributed by atoms with Crippen LogP contribution >= 0.6 is 0 Å². The highest BCUT2D eigenvalue weighted by Gasteiger charge is 2.18. The number of carbonyl (C=O) groups excluding carboxylic acids is 3. The standard InChI is InChI=1S/C16H14N2O7/c1-24-15(22)8-3-4-10(16(23)25-2)11(5-8)17-14(21)9-6-12(19)18-13(20)7-9/h3-7H,1-2H3,(H,17,21)(H2,18,19,20). The van der Waals surface area contributed by atoms with Crippen molar-refractivity contribution < 1.29 is 29.0 Å². The maximum Gasteiger partial charge on any atom is 0.339 e. The second-order valence-corrected chi connectivity index (χ2v) is 4.82. The van der Waals surface area contributed by atoms with E-state index in [0.717, 1.165) is 19.2 Å². The lowest BCUT2D eigenvalue weighted by molar-refractivity contribution is 0.0587. The number of amides is 1. The average molecular weight is 346 g/mol. The number of aromatic nitrogens is 1. The van der Waals surface area contributed by atoms with E-state index in [-0.39, 0.29) is 22.4 Å². The number of nitrogens with one attached hydrogen (secondary N) is 2. The van der Waals surface area contributed by atoms with Crippen LogP contribution in [0.3, 0.4) is 0 Å². The maximum atomic E-state index is 12.3. The highest BCUT2D eigenvalue weighted by atomic mass is 16.5. The fourth-order valence-corrected chi connectivity index (χ4v) is 2.03. The van der Waals surface area contributed by atoms with E-state index in [1.54, 1.807) is 0 Å². The van der Waals surface area contributed by atoms with Gasteiger partial charge in [-0.25, -0.2) is 9.59 Å². The molecule has 0 aliphatic rings. The number of methoxy groups -OCH3 is 2. The minimum Gasteiger partial charge on any atom is -0.494 e. The molecule has 1 heterocycles. The molecule has 3 N–H and O–H groups in total. The van der Waals surface area contributed by atoms with E-state index in [0.29, 0.717) is 0 Å². The third kappa shape index (κ3) is 4.02. The monoisotopic (exact) mass is 346 g/mol. The second-order valence-electron chi connectivity index (χ2n) is 4.82. The molecule has 0 atom stereocenters. The molecule has 9 heteroatoms. The summed E-state index contributed by atoms with van der Waals surface area (Å²) in [5, 5.41) is 11.8. The Morgan fingerprint density at radius 3 is 2.28 bits per heavy atom. The number of rotatable bonds is 4. The van der Waals surface area contributed by atoms with E-state index >= 15 is 0 Å². The van der Waals surface area contributed by atoms with Crippen LogP contribution in [0.4, 0.5) is 5.69 Å². The molecule has 2 rings (SSSR count). The largest absolute Gasteiger partial charge is 0.494 e. The van der Waals surface area contributed by atoms with Crippen LogP contribution < -0.4 is 10.9 Å². The summed E-state index contributed by atoms with van der Waals surface area (Å²) in [4.78, 5) is 49.2. The molecule has 0 unspecified atom stereocenters. The second kappa shape index (κ2) is 7.30. The lowest BCUT2D eigenvalue weighted by Gasteiger charge is -2.11. The van der Waals surface area contributed by atoms with Crippen molar-refractivity contribution in [2.45, 2.75) is 0 Å². The molecule has 0 spiro atoms. The van der Waals surface area contributed by atoms with Gasteiger partial charge in [0.25, 0.3) is 11.5 Å². The summed E-state index contributed by atoms with van der Waals surface area (Å²) in [7, 11) is 2.35. The molecule has 0 bridgehead atoms. The van der Waals surface area contributed by atoms with Gasteiger partial charge in [0.15, 0.2) is 5.88 Å². The van der Waals surface area contributed by atoms with Crippen molar-refractivity contribution in [3.8, 4) is 5.88 Å². The van der Waals surface area contributed by atoms with E-state index in [4.69, 9.17) is 0 Å². The number of anilines is 1. The van der Waals surface area contributed by atoms with Crippen LogP contribution in [0.1, 0.15) is 31.1 Å². The van der Waals surface area contributed by atoms with Gasteiger partial charge in [0.1, 0.15) is 0 Å². The number of hydrogen-bond acceptors (Lipinski definition) is 7. The summed E-state index contributed by atoms with van der Waals surface area (Å²) in [6, 6.07) is 5.88. The molecular formula is C16H14N2O7. The van der Waals surface area contributed by atoms with E-state index < -0.39 is 29.3 Å². The van der Waals surface area contributed by atoms with Crippen molar-refractivity contribution in [1.82, 2.24) is 4.98 Å². The quantitative estimate of drug-likeness (QED) is 0.700. The van der Waals surface area contributed by atoms with Crippen molar-refractivity contribution in [2.75, 3.05) is 19.5 Å². The molecule has 1 aromatic heterocycles. The normalized spacial score (nSPS) is 10.0. The molecule has 0 radical (unpaired) electrons. The Balaban J connectivity index is 2.44. The predicted octanol–water partition coefficient (Wildman–Crippen LogP) is 0.906. The van der Waals surface area contributed by atoms with E-state index in [9.17, 15) is 24.3 Å². The molecule has 1 aromatic carbocycles. The van der Waals surface area contributed by atoms with Gasteiger partial charge in [-0.1, -0.05) is 0 Å². The number of aromatic amines is 1. The predicted molar refractivity (Wildman–Crippen MR) is 85.8 cm³/mol. The van der Waals surface area contributed by atoms with Gasteiger partial charge in [-0.3, -0.25) is 14.6 Å². The topological polar surface area (TPSA) is 135 Å². The molecule has 0 fully saturated rings. The molecule has 0 aliphatic heterocycles. The van der Waals surface area contributed by atoms with E-state index in [1.165, 1.54) is 25.3 Å². The number of H-pyrrole nitrogens is 1. The smallest absolute Gasteiger partial charge is 0.339 e. The first-order chi connectivity index (χ1) is 11.8. The molecule has 9 nitrogen and oxygen atoms in total. The summed E-state index contributed by atoms with van der Waals surface area (Å²) in [5.41, 5.74) is -0.738. The molecule has 2 aromatic rings. The van der Waals surface area contributed by atoms with Crippen LogP contribution in [0, 0.1) is 0 Å². The van der Waals surface area contributed by atoms with Crippen molar-refractivity contribution in [1.29, 1.82) is 0 Å². The van der Waals surface area contributed by atoms with Gasteiger partial charge in [0.2, 0.25) is 0 Å². The van der Waals surface area contributed by atoms with Gasteiger partial charge >= 0.3 is 11.9 Å². The zero-order valence-electron chi connectivity index (χ0n) is 13.3. The molecule has 130 valence electrons. The number of carbonyl (C=O) groups is 3. The summed E-state index contributed by atoms with van der Waals surface area (Å²) in [6.07, 6.45) is 0. The Kier molecular flexibility index (Phi) is 5.18. The van der Waals surface area contributed by atoms with Crippen LogP contribution in [-0.2, 0) is 9.47 Å². The first-order valence-corrected chi connectivity index (χ1v) is 6.91. The summed E-state index contributed by atoms with van der Waals surface area (Å²) in [6.45, 7) is 0. The maximum absolute atomic E-state index is 12.3. The lowest BCUT2D eigenvalue weighted by Crippen LogP contribution is -2.18. The van der Waals surface area contributed by atoms with Crippen molar-refractivity contribution in [3.05, 3.63) is 57.4 Å². The minimum absolute atomic E-state index is 0.00225. The fraction of sp³-hybridized carbons (Fsp3) is 0.125. The SMILES string of the molecule is COC(=O)c1ccc(C(=O)OC)c(NC(=O)c2cc(O)[nH]c(=O)c2)c1. The minimum atomic E-state index is -0.770. The van der Waals surface area contributed by atoms with E-state index in [1.807, 2.05) is 0 Å². The average Bonchev–Trinajstić information content (AvgIpc) is 2.59. The summed E-state index contributed by atoms with van der Waals surface area (Å²) < 4.78 is 9.22. The van der Waals surface area contributed by atoms with Crippen LogP contribution in [0.15, 0.2) is 35.1 Å². The molecule has 25 heavy (non-hydrogen) atoms. The number of ether oxygens (including phenoxy) is 2. The Morgan fingerprint density at radius 1 is 1.00 bits per heavy atom. The third-order valence-corrected chi connectivity index (χ3v) is 3.19. The molecular weight excluding hydrogens is 332 g/mol. The Hall–Kier alpha value is -3.62. The third-order valence-electron chi connectivity index (χ3n) is 3.19. The highest BCUT2D eigenvalue weighted by molar-refractivity contribution is 6.09. The highest BCUT2D eigenvalue weighted by Crippen LogP contribution is 2.21. The molecule has 0 saturated carbocycles. The summed E-state index contributed by atoms with van der Waals surface area (Å²) >= 11 is 0. The molecule has 1 amide bonds. The lowest BCUT2D eigenvalue weighted by atomic mass is 10.1. The summed E-state index contributed by atoms with van der Waals surface area (Å²) in [5.74, 6) is -2.66. The zero-order valence-corrected chi connectivity index (χ0v) is 13.3. The van der Waals surface area contributed by atoms with E-state index in [2.05, 4.69) is 19.8 Å². The Morgan fingerprint density at radius 2 is 1.68 bits per heavy atom. The molecule has 0 saturated heterocycles. The van der Waals surface area contributed by atoms with Gasteiger partial charge < -0.3 is 19.9 Å². The van der Waals surface area contributed by atoms with Crippen LogP contribution in [0.2, 0.25) is 0 Å². The molecule has 0 aliphatic carbocycles. The van der Waals surface area contributed by atoms with Crippen LogP contribution in [-0.4, -0.2) is 42.2 Å². The van der Waals surface area contributed by atoms with Crippen molar-refractivity contribution in [2.24, 2.45) is 0 Å². The number of aromatic hydroxyl groups is 1. The van der Waals surface area contributed by atoms with Crippen molar-refractivity contribution >= 4 is 23.5 Å². The number of benzene rings is 1. The van der Waals surface area contributed by atoms with Crippen LogP contribution in [0.25, 0.3) is 0 Å². The zero-order chi connectivity index (χ0) is 18.6. The Bertz CT molecular complexity index is 902. The van der Waals surface area contributed by atoms with Gasteiger partial charge in [0, 0.05) is 12.1 Å². The fourth-order valence-electron chi connectivity index (χ4n) is 2.03. The van der Waals surface area contributed by atoms with Crippen molar-refractivity contribution in [3.63, 3.8) is 0 Å². The van der Waals surface area contributed by atoms with Gasteiger partial charge in [-0.2, -0.15) is 0 Å². The van der Waals surface area contributed by atoms with Gasteiger partial charge in [-0.15, -0.1) is 0 Å².